The minimum Gasteiger partial charge on any atom is -0.388 e. The number of rotatable bonds is 5. The molecular formula is C13H21NO. The molecule has 1 atom stereocenters. The maximum atomic E-state index is 9.92. The summed E-state index contributed by atoms with van der Waals surface area (Å²) in [6.07, 6.45) is 0.417. The van der Waals surface area contributed by atoms with E-state index in [9.17, 15) is 5.11 Å². The van der Waals surface area contributed by atoms with Crippen LogP contribution in [0.1, 0.15) is 38.9 Å². The molecule has 15 heavy (non-hydrogen) atoms. The van der Waals surface area contributed by atoms with Gasteiger partial charge in [-0.25, -0.2) is 0 Å². The van der Waals surface area contributed by atoms with Crippen molar-refractivity contribution in [1.29, 1.82) is 0 Å². The number of aliphatic hydroxyl groups excluding tert-OH is 1. The van der Waals surface area contributed by atoms with Gasteiger partial charge >= 0.3 is 0 Å². The molecule has 84 valence electrons. The average molecular weight is 207 g/mol. The van der Waals surface area contributed by atoms with Crippen molar-refractivity contribution in [3.63, 3.8) is 0 Å². The molecule has 0 aliphatic carbocycles. The molecule has 0 spiro atoms. The lowest BCUT2D eigenvalue weighted by Gasteiger charge is -2.25. The molecule has 0 unspecified atom stereocenters. The molecule has 0 heterocycles. The summed E-state index contributed by atoms with van der Waals surface area (Å²) >= 11 is 0. The fourth-order valence-corrected chi connectivity index (χ4v) is 1.84. The number of aliphatic hydroxyl groups is 1. The average Bonchev–Trinajstić information content (AvgIpc) is 2.30. The van der Waals surface area contributed by atoms with Gasteiger partial charge < -0.3 is 10.0 Å². The molecule has 0 fully saturated rings. The van der Waals surface area contributed by atoms with Gasteiger partial charge in [0.05, 0.1) is 6.10 Å². The molecule has 1 aromatic rings. The minimum absolute atomic E-state index is 0.346. The highest BCUT2D eigenvalue weighted by Gasteiger charge is 2.12. The van der Waals surface area contributed by atoms with Gasteiger partial charge in [-0.3, -0.25) is 0 Å². The monoisotopic (exact) mass is 207 g/mol. The Bertz CT molecular complexity index is 294. The van der Waals surface area contributed by atoms with Gasteiger partial charge in [-0.05, 0) is 26.3 Å². The topological polar surface area (TPSA) is 23.5 Å². The van der Waals surface area contributed by atoms with Crippen LogP contribution in [0.3, 0.4) is 0 Å². The first-order valence-electron chi connectivity index (χ1n) is 5.76. The van der Waals surface area contributed by atoms with E-state index >= 15 is 0 Å². The minimum atomic E-state index is -0.346. The maximum absolute atomic E-state index is 9.92. The Hall–Kier alpha value is -1.02. The zero-order valence-corrected chi connectivity index (χ0v) is 9.90. The summed E-state index contributed by atoms with van der Waals surface area (Å²) in [6.45, 7) is 8.23. The van der Waals surface area contributed by atoms with E-state index < -0.39 is 0 Å². The van der Waals surface area contributed by atoms with Crippen molar-refractivity contribution in [2.75, 3.05) is 18.0 Å². The predicted molar refractivity (Wildman–Crippen MR) is 65.3 cm³/mol. The first-order chi connectivity index (χ1) is 7.24. The molecule has 0 radical (unpaired) electrons. The molecule has 0 amide bonds. The highest BCUT2D eigenvalue weighted by atomic mass is 16.3. The van der Waals surface area contributed by atoms with E-state index in [-0.39, 0.29) is 6.10 Å². The Morgan fingerprint density at radius 3 is 2.27 bits per heavy atom. The number of para-hydroxylation sites is 1. The zero-order chi connectivity index (χ0) is 11.3. The van der Waals surface area contributed by atoms with E-state index in [4.69, 9.17) is 0 Å². The van der Waals surface area contributed by atoms with Crippen LogP contribution in [-0.2, 0) is 0 Å². The number of hydrogen-bond donors (Lipinski definition) is 1. The van der Waals surface area contributed by atoms with Crippen molar-refractivity contribution in [1.82, 2.24) is 0 Å². The Labute approximate surface area is 92.5 Å². The summed E-state index contributed by atoms with van der Waals surface area (Å²) in [7, 11) is 0. The SMILES string of the molecule is CC[C@@H](O)c1ccccc1N(CC)CC. The third-order valence-electron chi connectivity index (χ3n) is 2.79. The molecule has 0 aliphatic heterocycles. The first kappa shape index (κ1) is 12.1. The van der Waals surface area contributed by atoms with E-state index in [0.29, 0.717) is 0 Å². The van der Waals surface area contributed by atoms with Gasteiger partial charge in [0, 0.05) is 24.3 Å². The molecule has 1 rings (SSSR count). The van der Waals surface area contributed by atoms with Crippen LogP contribution in [0.25, 0.3) is 0 Å². The van der Waals surface area contributed by atoms with E-state index in [1.54, 1.807) is 0 Å². The van der Waals surface area contributed by atoms with E-state index in [1.165, 1.54) is 0 Å². The Morgan fingerprint density at radius 1 is 1.13 bits per heavy atom. The lowest BCUT2D eigenvalue weighted by atomic mass is 10.0. The normalized spacial score (nSPS) is 12.5. The summed E-state index contributed by atoms with van der Waals surface area (Å²) in [4.78, 5) is 2.27. The number of anilines is 1. The van der Waals surface area contributed by atoms with Gasteiger partial charge in [0.15, 0.2) is 0 Å². The number of benzene rings is 1. The summed E-state index contributed by atoms with van der Waals surface area (Å²) in [5.74, 6) is 0. The third kappa shape index (κ3) is 2.72. The van der Waals surface area contributed by atoms with Gasteiger partial charge in [0.25, 0.3) is 0 Å². The summed E-state index contributed by atoms with van der Waals surface area (Å²) in [6, 6.07) is 8.11. The molecule has 0 aliphatic rings. The largest absolute Gasteiger partial charge is 0.388 e. The molecule has 0 saturated heterocycles. The molecule has 0 aromatic heterocycles. The fourth-order valence-electron chi connectivity index (χ4n) is 1.84. The number of hydrogen-bond acceptors (Lipinski definition) is 2. The van der Waals surface area contributed by atoms with Gasteiger partial charge in [-0.1, -0.05) is 25.1 Å². The van der Waals surface area contributed by atoms with Crippen LogP contribution in [0.2, 0.25) is 0 Å². The lowest BCUT2D eigenvalue weighted by molar-refractivity contribution is 0.174. The van der Waals surface area contributed by atoms with Crippen LogP contribution in [0, 0.1) is 0 Å². The Kier molecular flexibility index (Phi) is 4.63. The fraction of sp³-hybridized carbons (Fsp3) is 0.538. The third-order valence-corrected chi connectivity index (χ3v) is 2.79. The van der Waals surface area contributed by atoms with Crippen LogP contribution in [0.15, 0.2) is 24.3 Å². The van der Waals surface area contributed by atoms with Gasteiger partial charge in [-0.15, -0.1) is 0 Å². The highest BCUT2D eigenvalue weighted by Crippen LogP contribution is 2.27. The predicted octanol–water partition coefficient (Wildman–Crippen LogP) is 2.98. The molecule has 1 N–H and O–H groups in total. The van der Waals surface area contributed by atoms with Crippen LogP contribution in [0.5, 0.6) is 0 Å². The summed E-state index contributed by atoms with van der Waals surface area (Å²) < 4.78 is 0. The summed E-state index contributed by atoms with van der Waals surface area (Å²) in [5.41, 5.74) is 2.21. The quantitative estimate of drug-likeness (QED) is 0.802. The lowest BCUT2D eigenvalue weighted by Crippen LogP contribution is -2.23. The molecule has 1 aromatic carbocycles. The second-order valence-corrected chi connectivity index (χ2v) is 3.66. The van der Waals surface area contributed by atoms with Gasteiger partial charge in [0.1, 0.15) is 0 Å². The second-order valence-electron chi connectivity index (χ2n) is 3.66. The van der Waals surface area contributed by atoms with Crippen molar-refractivity contribution in [2.45, 2.75) is 33.3 Å². The van der Waals surface area contributed by atoms with Gasteiger partial charge in [-0.2, -0.15) is 0 Å². The van der Waals surface area contributed by atoms with E-state index in [0.717, 1.165) is 30.8 Å². The van der Waals surface area contributed by atoms with Crippen LogP contribution >= 0.6 is 0 Å². The van der Waals surface area contributed by atoms with Crippen molar-refractivity contribution in [3.05, 3.63) is 29.8 Å². The van der Waals surface area contributed by atoms with Crippen molar-refractivity contribution in [3.8, 4) is 0 Å². The molecule has 0 bridgehead atoms. The van der Waals surface area contributed by atoms with Gasteiger partial charge in [0.2, 0.25) is 0 Å². The standard InChI is InChI=1S/C13H21NO/c1-4-13(15)11-9-7-8-10-12(11)14(5-2)6-3/h7-10,13,15H,4-6H2,1-3H3/t13-/m1/s1. The zero-order valence-electron chi connectivity index (χ0n) is 9.90. The molecule has 0 saturated carbocycles. The van der Waals surface area contributed by atoms with Crippen molar-refractivity contribution >= 4 is 5.69 Å². The molecule has 2 heteroatoms. The first-order valence-corrected chi connectivity index (χ1v) is 5.76. The Balaban J connectivity index is 3.04. The van der Waals surface area contributed by atoms with Crippen molar-refractivity contribution < 1.29 is 5.11 Å². The maximum Gasteiger partial charge on any atom is 0.0807 e. The van der Waals surface area contributed by atoms with Crippen LogP contribution < -0.4 is 4.90 Å². The second kappa shape index (κ2) is 5.76. The smallest absolute Gasteiger partial charge is 0.0807 e. The van der Waals surface area contributed by atoms with Crippen LogP contribution in [-0.4, -0.2) is 18.2 Å². The van der Waals surface area contributed by atoms with Crippen LogP contribution in [0.4, 0.5) is 5.69 Å². The number of nitrogens with zero attached hydrogens (tertiary/aromatic N) is 1. The highest BCUT2D eigenvalue weighted by molar-refractivity contribution is 5.54. The molecular weight excluding hydrogens is 186 g/mol. The van der Waals surface area contributed by atoms with E-state index in [2.05, 4.69) is 24.8 Å². The Morgan fingerprint density at radius 2 is 1.73 bits per heavy atom. The van der Waals surface area contributed by atoms with Crippen molar-refractivity contribution in [2.24, 2.45) is 0 Å². The summed E-state index contributed by atoms with van der Waals surface area (Å²) in [5, 5.41) is 9.92. The molecule has 2 nitrogen and oxygen atoms in total. The van der Waals surface area contributed by atoms with E-state index in [1.807, 2.05) is 25.1 Å².